The van der Waals surface area contributed by atoms with E-state index >= 15 is 0 Å². The summed E-state index contributed by atoms with van der Waals surface area (Å²) in [7, 11) is 1.80. The first-order valence-electron chi connectivity index (χ1n) is 12.3. The lowest BCUT2D eigenvalue weighted by molar-refractivity contribution is 0.0951. The minimum Gasteiger partial charge on any atom is -0.489 e. The van der Waals surface area contributed by atoms with E-state index in [1.807, 2.05) is 19.1 Å². The SMILES string of the molecule is CNCCOc1c(F)cccc1C1(Nc2nccn(-c3cc(C(=O)NC4CC4)ccc3C)c2=O)CC1. The quantitative estimate of drug-likeness (QED) is 0.377. The summed E-state index contributed by atoms with van der Waals surface area (Å²) >= 11 is 0. The van der Waals surface area contributed by atoms with Crippen LogP contribution < -0.4 is 26.2 Å². The molecule has 3 N–H and O–H groups in total. The summed E-state index contributed by atoms with van der Waals surface area (Å²) in [6.07, 6.45) is 6.56. The number of likely N-dealkylation sites (N-methyl/N-ethyl adjacent to an activating group) is 1. The van der Waals surface area contributed by atoms with Crippen LogP contribution in [0.25, 0.3) is 5.69 Å². The van der Waals surface area contributed by atoms with Crippen LogP contribution in [0.1, 0.15) is 47.2 Å². The second-order valence-electron chi connectivity index (χ2n) is 9.48. The molecule has 2 fully saturated rings. The number of ether oxygens (including phenoxy) is 1. The van der Waals surface area contributed by atoms with E-state index in [1.165, 1.54) is 10.6 Å². The smallest absolute Gasteiger partial charge is 0.297 e. The lowest BCUT2D eigenvalue weighted by Gasteiger charge is -2.22. The lowest BCUT2D eigenvalue weighted by atomic mass is 10.0. The third-order valence-corrected chi connectivity index (χ3v) is 6.67. The summed E-state index contributed by atoms with van der Waals surface area (Å²) in [6.45, 7) is 2.79. The first-order valence-corrected chi connectivity index (χ1v) is 12.3. The number of anilines is 1. The Morgan fingerprint density at radius 2 is 2.06 bits per heavy atom. The van der Waals surface area contributed by atoms with E-state index in [-0.39, 0.29) is 29.1 Å². The predicted molar refractivity (Wildman–Crippen MR) is 135 cm³/mol. The van der Waals surface area contributed by atoms with Gasteiger partial charge < -0.3 is 20.7 Å². The number of para-hydroxylation sites is 1. The number of benzene rings is 2. The number of hydrogen-bond acceptors (Lipinski definition) is 6. The maximum absolute atomic E-state index is 14.7. The number of halogens is 1. The van der Waals surface area contributed by atoms with Crippen LogP contribution in [0.3, 0.4) is 0 Å². The number of aromatic nitrogens is 2. The molecular formula is C27H30FN5O3. The number of nitrogens with zero attached hydrogens (tertiary/aromatic N) is 2. The van der Waals surface area contributed by atoms with E-state index in [9.17, 15) is 14.0 Å². The van der Waals surface area contributed by atoms with Gasteiger partial charge in [0.2, 0.25) is 0 Å². The molecule has 2 aromatic carbocycles. The molecule has 1 heterocycles. The zero-order chi connectivity index (χ0) is 25.3. The number of aryl methyl sites for hydroxylation is 1. The van der Waals surface area contributed by atoms with Crippen LogP contribution in [0.15, 0.2) is 53.6 Å². The van der Waals surface area contributed by atoms with Crippen LogP contribution in [0.2, 0.25) is 0 Å². The Morgan fingerprint density at radius 1 is 1.25 bits per heavy atom. The van der Waals surface area contributed by atoms with Crippen molar-refractivity contribution in [3.05, 3.63) is 81.7 Å². The molecular weight excluding hydrogens is 461 g/mol. The number of carbonyl (C=O) groups is 1. The summed E-state index contributed by atoms with van der Waals surface area (Å²) in [4.78, 5) is 30.4. The summed E-state index contributed by atoms with van der Waals surface area (Å²) in [5, 5.41) is 9.26. The standard InChI is InChI=1S/C27H30FN5O3/c1-17-6-7-18(25(34)31-19-8-9-19)16-22(17)33-14-12-30-24(26(33)35)32-27(10-11-27)20-4-3-5-21(28)23(20)36-15-13-29-2/h3-7,12,14,16,19,29H,8-11,13,15H2,1-2H3,(H,30,32)(H,31,34). The van der Waals surface area contributed by atoms with Crippen molar-refractivity contribution in [3.8, 4) is 11.4 Å². The molecule has 8 nitrogen and oxygen atoms in total. The van der Waals surface area contributed by atoms with Gasteiger partial charge in [0.05, 0.1) is 11.2 Å². The van der Waals surface area contributed by atoms with Crippen LogP contribution in [0.4, 0.5) is 10.2 Å². The van der Waals surface area contributed by atoms with Gasteiger partial charge in [0.25, 0.3) is 11.5 Å². The van der Waals surface area contributed by atoms with Gasteiger partial charge in [-0.15, -0.1) is 0 Å². The maximum Gasteiger partial charge on any atom is 0.297 e. The van der Waals surface area contributed by atoms with Crippen molar-refractivity contribution < 1.29 is 13.9 Å². The Bertz CT molecular complexity index is 1350. The molecule has 2 aliphatic carbocycles. The molecule has 188 valence electrons. The Balaban J connectivity index is 1.45. The van der Waals surface area contributed by atoms with Crippen LogP contribution in [0, 0.1) is 12.7 Å². The lowest BCUT2D eigenvalue weighted by Crippen LogP contribution is -2.30. The summed E-state index contributed by atoms with van der Waals surface area (Å²) in [5.74, 6) is -0.230. The fourth-order valence-corrected chi connectivity index (χ4v) is 4.29. The third-order valence-electron chi connectivity index (χ3n) is 6.67. The van der Waals surface area contributed by atoms with Crippen molar-refractivity contribution in [1.29, 1.82) is 0 Å². The molecule has 1 aromatic heterocycles. The normalized spacial score (nSPS) is 15.9. The first kappa shape index (κ1) is 24.0. The number of nitrogens with one attached hydrogen (secondary N) is 3. The van der Waals surface area contributed by atoms with E-state index < -0.39 is 11.4 Å². The van der Waals surface area contributed by atoms with Crippen LogP contribution in [-0.2, 0) is 5.54 Å². The minimum absolute atomic E-state index is 0.145. The van der Waals surface area contributed by atoms with E-state index in [0.717, 1.165) is 18.4 Å². The van der Waals surface area contributed by atoms with E-state index in [1.54, 1.807) is 37.6 Å². The van der Waals surface area contributed by atoms with Crippen molar-refractivity contribution in [1.82, 2.24) is 20.2 Å². The van der Waals surface area contributed by atoms with E-state index in [4.69, 9.17) is 4.74 Å². The number of amides is 1. The van der Waals surface area contributed by atoms with Gasteiger partial charge in [0.1, 0.15) is 6.61 Å². The molecule has 0 bridgehead atoms. The third kappa shape index (κ3) is 4.83. The van der Waals surface area contributed by atoms with Crippen molar-refractivity contribution in [3.63, 3.8) is 0 Å². The van der Waals surface area contributed by atoms with E-state index in [0.29, 0.717) is 42.8 Å². The zero-order valence-corrected chi connectivity index (χ0v) is 20.4. The van der Waals surface area contributed by atoms with Crippen molar-refractivity contribution in [2.45, 2.75) is 44.2 Å². The Kier molecular flexibility index (Phi) is 6.49. The molecule has 0 atom stereocenters. The van der Waals surface area contributed by atoms with Crippen LogP contribution in [-0.4, -0.2) is 41.7 Å². The highest BCUT2D eigenvalue weighted by Gasteiger charge is 2.47. The van der Waals surface area contributed by atoms with Crippen molar-refractivity contribution in [2.24, 2.45) is 0 Å². The molecule has 36 heavy (non-hydrogen) atoms. The summed E-state index contributed by atoms with van der Waals surface area (Å²) in [5.41, 5.74) is 1.65. The molecule has 3 aromatic rings. The minimum atomic E-state index is -0.635. The molecule has 2 aliphatic rings. The molecule has 0 unspecified atom stereocenters. The topological polar surface area (TPSA) is 97.3 Å². The van der Waals surface area contributed by atoms with Crippen molar-refractivity contribution in [2.75, 3.05) is 25.5 Å². The molecule has 0 aliphatic heterocycles. The van der Waals surface area contributed by atoms with Crippen LogP contribution >= 0.6 is 0 Å². The fourth-order valence-electron chi connectivity index (χ4n) is 4.29. The average molecular weight is 492 g/mol. The molecule has 0 radical (unpaired) electrons. The highest BCUT2D eigenvalue weighted by atomic mass is 19.1. The summed E-state index contributed by atoms with van der Waals surface area (Å²) < 4.78 is 21.9. The van der Waals surface area contributed by atoms with Gasteiger partial charge in [-0.25, -0.2) is 9.37 Å². The predicted octanol–water partition coefficient (Wildman–Crippen LogP) is 3.27. The average Bonchev–Trinajstić information content (AvgIpc) is 3.80. The van der Waals surface area contributed by atoms with Crippen molar-refractivity contribution >= 4 is 11.7 Å². The van der Waals surface area contributed by atoms with E-state index in [2.05, 4.69) is 20.9 Å². The number of hydrogen-bond donors (Lipinski definition) is 3. The number of carbonyl (C=O) groups excluding carboxylic acids is 1. The second-order valence-corrected chi connectivity index (χ2v) is 9.48. The first-order chi connectivity index (χ1) is 17.4. The molecule has 1 amide bonds. The zero-order valence-electron chi connectivity index (χ0n) is 20.4. The maximum atomic E-state index is 14.7. The molecule has 5 rings (SSSR count). The highest BCUT2D eigenvalue weighted by molar-refractivity contribution is 5.95. The molecule has 0 saturated heterocycles. The summed E-state index contributed by atoms with van der Waals surface area (Å²) in [6, 6.07) is 10.4. The second kappa shape index (κ2) is 9.73. The fraction of sp³-hybridized carbons (Fsp3) is 0.370. The van der Waals surface area contributed by atoms with Crippen LogP contribution in [0.5, 0.6) is 5.75 Å². The molecule has 0 spiro atoms. The Hall–Kier alpha value is -3.72. The van der Waals surface area contributed by atoms with Gasteiger partial charge in [-0.3, -0.25) is 14.2 Å². The number of rotatable bonds is 10. The van der Waals surface area contributed by atoms with Gasteiger partial charge in [-0.05, 0) is 63.4 Å². The van der Waals surface area contributed by atoms with Gasteiger partial charge in [-0.2, -0.15) is 0 Å². The largest absolute Gasteiger partial charge is 0.489 e. The van der Waals surface area contributed by atoms with Gasteiger partial charge in [0, 0.05) is 36.1 Å². The monoisotopic (exact) mass is 491 g/mol. The van der Waals surface area contributed by atoms with Gasteiger partial charge in [-0.1, -0.05) is 18.2 Å². The molecule has 2 saturated carbocycles. The highest BCUT2D eigenvalue weighted by Crippen LogP contribution is 2.51. The Morgan fingerprint density at radius 3 is 2.78 bits per heavy atom. The Labute approximate surface area is 208 Å². The van der Waals surface area contributed by atoms with Gasteiger partial charge >= 0.3 is 0 Å². The molecule has 9 heteroatoms. The van der Waals surface area contributed by atoms with Gasteiger partial charge in [0.15, 0.2) is 17.4 Å².